The minimum absolute atomic E-state index is 0.183. The fourth-order valence-corrected chi connectivity index (χ4v) is 2.42. The summed E-state index contributed by atoms with van der Waals surface area (Å²) in [5.74, 6) is 1.03. The lowest BCUT2D eigenvalue weighted by atomic mass is 10.1. The topological polar surface area (TPSA) is 41.6 Å². The summed E-state index contributed by atoms with van der Waals surface area (Å²) in [5, 5.41) is 3.29. The van der Waals surface area contributed by atoms with Gasteiger partial charge in [-0.2, -0.15) is 0 Å². The Bertz CT molecular complexity index is 474. The molecule has 0 bridgehead atoms. The van der Waals surface area contributed by atoms with Crippen LogP contribution in [-0.4, -0.2) is 43.1 Å². The highest BCUT2D eigenvalue weighted by molar-refractivity contribution is 5.76. The maximum absolute atomic E-state index is 12.1. The lowest BCUT2D eigenvalue weighted by molar-refractivity contribution is -0.134. The zero-order chi connectivity index (χ0) is 14.5. The van der Waals surface area contributed by atoms with Crippen molar-refractivity contribution in [1.82, 2.24) is 10.2 Å². The molecule has 0 aromatic heterocycles. The van der Waals surface area contributed by atoms with Crippen LogP contribution in [0.15, 0.2) is 18.2 Å². The van der Waals surface area contributed by atoms with Gasteiger partial charge in [-0.25, -0.2) is 0 Å². The van der Waals surface area contributed by atoms with Gasteiger partial charge < -0.3 is 15.0 Å². The van der Waals surface area contributed by atoms with Crippen LogP contribution < -0.4 is 10.1 Å². The van der Waals surface area contributed by atoms with E-state index in [9.17, 15) is 4.79 Å². The average molecular weight is 276 g/mol. The minimum atomic E-state index is 0.183. The van der Waals surface area contributed by atoms with E-state index in [1.165, 1.54) is 11.1 Å². The zero-order valence-electron chi connectivity index (χ0n) is 12.6. The molecule has 0 aliphatic carbocycles. The largest absolute Gasteiger partial charge is 0.493 e. The molecule has 110 valence electrons. The third-order valence-corrected chi connectivity index (χ3v) is 3.88. The molecule has 1 aromatic carbocycles. The molecule has 2 rings (SSSR count). The summed E-state index contributed by atoms with van der Waals surface area (Å²) in [6.45, 7) is 9.22. The van der Waals surface area contributed by atoms with E-state index in [2.05, 4.69) is 26.1 Å². The van der Waals surface area contributed by atoms with Crippen molar-refractivity contribution in [2.45, 2.75) is 33.2 Å². The molecule has 1 N–H and O–H groups in total. The van der Waals surface area contributed by atoms with Gasteiger partial charge in [0.25, 0.3) is 0 Å². The molecule has 1 aromatic rings. The molecule has 4 heteroatoms. The van der Waals surface area contributed by atoms with Gasteiger partial charge in [-0.1, -0.05) is 6.07 Å². The number of nitrogens with zero attached hydrogens (tertiary/aromatic N) is 1. The zero-order valence-corrected chi connectivity index (χ0v) is 12.6. The third kappa shape index (κ3) is 3.73. The van der Waals surface area contributed by atoms with Gasteiger partial charge in [-0.15, -0.1) is 0 Å². The van der Waals surface area contributed by atoms with E-state index in [0.29, 0.717) is 13.0 Å². The Morgan fingerprint density at radius 3 is 2.90 bits per heavy atom. The number of rotatable bonds is 4. The predicted octanol–water partition coefficient (Wildman–Crippen LogP) is 1.89. The SMILES string of the molecule is Cc1ccc(OCCC(=O)N2CCNCC2C)cc1C. The molecule has 1 amide bonds. The van der Waals surface area contributed by atoms with Gasteiger partial charge in [0.05, 0.1) is 13.0 Å². The molecule has 0 spiro atoms. The molecular weight excluding hydrogens is 252 g/mol. The van der Waals surface area contributed by atoms with Gasteiger partial charge in [-0.3, -0.25) is 4.79 Å². The van der Waals surface area contributed by atoms with E-state index >= 15 is 0 Å². The van der Waals surface area contributed by atoms with Crippen molar-refractivity contribution in [2.24, 2.45) is 0 Å². The molecule has 1 atom stereocenters. The highest BCUT2D eigenvalue weighted by Crippen LogP contribution is 2.16. The van der Waals surface area contributed by atoms with Gasteiger partial charge in [0.15, 0.2) is 0 Å². The molecule has 1 heterocycles. The fraction of sp³-hybridized carbons (Fsp3) is 0.562. The number of hydrogen-bond donors (Lipinski definition) is 1. The number of nitrogens with one attached hydrogen (secondary N) is 1. The van der Waals surface area contributed by atoms with Crippen molar-refractivity contribution in [3.63, 3.8) is 0 Å². The number of benzene rings is 1. The Labute approximate surface area is 121 Å². The second kappa shape index (κ2) is 6.75. The van der Waals surface area contributed by atoms with Crippen molar-refractivity contribution >= 4 is 5.91 Å². The number of hydrogen-bond acceptors (Lipinski definition) is 3. The van der Waals surface area contributed by atoms with Gasteiger partial charge in [0.2, 0.25) is 5.91 Å². The molecule has 20 heavy (non-hydrogen) atoms. The first kappa shape index (κ1) is 14.9. The van der Waals surface area contributed by atoms with Crippen LogP contribution >= 0.6 is 0 Å². The third-order valence-electron chi connectivity index (χ3n) is 3.88. The van der Waals surface area contributed by atoms with E-state index in [4.69, 9.17) is 4.74 Å². The van der Waals surface area contributed by atoms with Crippen LogP contribution in [0.5, 0.6) is 5.75 Å². The van der Waals surface area contributed by atoms with E-state index in [1.807, 2.05) is 23.1 Å². The summed E-state index contributed by atoms with van der Waals surface area (Å²) in [6.07, 6.45) is 0.442. The van der Waals surface area contributed by atoms with Crippen LogP contribution in [0, 0.1) is 13.8 Å². The standard InChI is InChI=1S/C16H24N2O2/c1-12-4-5-15(10-13(12)2)20-9-6-16(19)18-8-7-17-11-14(18)3/h4-5,10,14,17H,6-9,11H2,1-3H3. The molecule has 0 saturated carbocycles. The number of piperazine rings is 1. The minimum Gasteiger partial charge on any atom is -0.493 e. The van der Waals surface area contributed by atoms with Crippen LogP contribution in [0.25, 0.3) is 0 Å². The van der Waals surface area contributed by atoms with Gasteiger partial charge in [-0.05, 0) is 44.0 Å². The van der Waals surface area contributed by atoms with E-state index in [1.54, 1.807) is 0 Å². The first-order chi connectivity index (χ1) is 9.58. The Kier molecular flexibility index (Phi) is 5.01. The van der Waals surface area contributed by atoms with Gasteiger partial charge >= 0.3 is 0 Å². The van der Waals surface area contributed by atoms with Crippen LogP contribution in [0.4, 0.5) is 0 Å². The average Bonchev–Trinajstić information content (AvgIpc) is 2.43. The maximum Gasteiger partial charge on any atom is 0.226 e. The van der Waals surface area contributed by atoms with Crippen molar-refractivity contribution in [1.29, 1.82) is 0 Å². The second-order valence-electron chi connectivity index (χ2n) is 5.48. The Balaban J connectivity index is 1.80. The molecule has 1 unspecified atom stereocenters. The summed E-state index contributed by atoms with van der Waals surface area (Å²) < 4.78 is 5.68. The fourth-order valence-electron chi connectivity index (χ4n) is 2.42. The number of amides is 1. The monoisotopic (exact) mass is 276 g/mol. The van der Waals surface area contributed by atoms with Gasteiger partial charge in [0.1, 0.15) is 5.75 Å². The molecule has 1 saturated heterocycles. The normalized spacial score (nSPS) is 18.9. The molecule has 0 radical (unpaired) electrons. The van der Waals surface area contributed by atoms with Crippen LogP contribution in [0.3, 0.4) is 0 Å². The summed E-state index contributed by atoms with van der Waals surface area (Å²) in [4.78, 5) is 14.1. The van der Waals surface area contributed by atoms with E-state index in [0.717, 1.165) is 25.4 Å². The predicted molar refractivity (Wildman–Crippen MR) is 80.1 cm³/mol. The lowest BCUT2D eigenvalue weighted by Crippen LogP contribution is -2.52. The number of carbonyl (C=O) groups is 1. The maximum atomic E-state index is 12.1. The van der Waals surface area contributed by atoms with E-state index < -0.39 is 0 Å². The summed E-state index contributed by atoms with van der Waals surface area (Å²) >= 11 is 0. The Hall–Kier alpha value is -1.55. The Morgan fingerprint density at radius 2 is 2.20 bits per heavy atom. The molecular formula is C16H24N2O2. The molecule has 1 fully saturated rings. The van der Waals surface area contributed by atoms with Crippen molar-refractivity contribution < 1.29 is 9.53 Å². The van der Waals surface area contributed by atoms with Crippen LogP contribution in [-0.2, 0) is 4.79 Å². The lowest BCUT2D eigenvalue weighted by Gasteiger charge is -2.34. The Morgan fingerprint density at radius 1 is 1.40 bits per heavy atom. The van der Waals surface area contributed by atoms with Crippen molar-refractivity contribution in [2.75, 3.05) is 26.2 Å². The second-order valence-corrected chi connectivity index (χ2v) is 5.48. The highest BCUT2D eigenvalue weighted by Gasteiger charge is 2.22. The summed E-state index contributed by atoms with van der Waals surface area (Å²) in [7, 11) is 0. The van der Waals surface area contributed by atoms with Crippen molar-refractivity contribution in [3.05, 3.63) is 29.3 Å². The number of carbonyl (C=O) groups excluding carboxylic acids is 1. The molecule has 4 nitrogen and oxygen atoms in total. The first-order valence-electron chi connectivity index (χ1n) is 7.28. The summed E-state index contributed by atoms with van der Waals surface area (Å²) in [5.41, 5.74) is 2.47. The van der Waals surface area contributed by atoms with Crippen LogP contribution in [0.1, 0.15) is 24.5 Å². The van der Waals surface area contributed by atoms with Crippen molar-refractivity contribution in [3.8, 4) is 5.75 Å². The number of ether oxygens (including phenoxy) is 1. The van der Waals surface area contributed by atoms with E-state index in [-0.39, 0.29) is 11.9 Å². The smallest absolute Gasteiger partial charge is 0.226 e. The molecule has 1 aliphatic rings. The van der Waals surface area contributed by atoms with Crippen LogP contribution in [0.2, 0.25) is 0 Å². The number of aryl methyl sites for hydroxylation is 2. The quantitative estimate of drug-likeness (QED) is 0.913. The van der Waals surface area contributed by atoms with Gasteiger partial charge in [0, 0.05) is 25.7 Å². The molecule has 1 aliphatic heterocycles. The summed E-state index contributed by atoms with van der Waals surface area (Å²) in [6, 6.07) is 6.30. The first-order valence-corrected chi connectivity index (χ1v) is 7.28. The highest BCUT2D eigenvalue weighted by atomic mass is 16.5.